The van der Waals surface area contributed by atoms with E-state index >= 15 is 0 Å². The molecular weight excluding hydrogens is 426 g/mol. The normalized spacial score (nSPS) is 14.5. The first-order valence-electron chi connectivity index (χ1n) is 10.4. The maximum atomic E-state index is 12.9. The average molecular weight is 446 g/mol. The molecule has 0 bridgehead atoms. The average Bonchev–Trinajstić information content (AvgIpc) is 3.23. The second kappa shape index (κ2) is 7.76. The highest BCUT2D eigenvalue weighted by Gasteiger charge is 2.33. The Balaban J connectivity index is 1.31. The van der Waals surface area contributed by atoms with Gasteiger partial charge < -0.3 is 14.8 Å². The summed E-state index contributed by atoms with van der Waals surface area (Å²) in [6.45, 7) is 0.719. The molecule has 1 aliphatic carbocycles. The lowest BCUT2D eigenvalue weighted by Gasteiger charge is -2.09. The van der Waals surface area contributed by atoms with Crippen molar-refractivity contribution in [1.82, 2.24) is 25.1 Å². The molecule has 1 fully saturated rings. The summed E-state index contributed by atoms with van der Waals surface area (Å²) in [6.07, 6.45) is 5.38. The number of hydrogen-bond acceptors (Lipinski definition) is 7. The highest BCUT2D eigenvalue weighted by molar-refractivity contribution is 7.07. The summed E-state index contributed by atoms with van der Waals surface area (Å²) >= 11 is 1.61. The molecule has 0 atom stereocenters. The van der Waals surface area contributed by atoms with Gasteiger partial charge in [-0.15, -0.1) is 0 Å². The zero-order valence-corrected chi connectivity index (χ0v) is 17.8. The van der Waals surface area contributed by atoms with Gasteiger partial charge in [0.1, 0.15) is 0 Å². The van der Waals surface area contributed by atoms with Crippen molar-refractivity contribution in [2.24, 2.45) is 0 Å². The number of thiophene rings is 1. The predicted octanol–water partition coefficient (Wildman–Crippen LogP) is 3.93. The topological polar surface area (TPSA) is 91.2 Å². The molecule has 0 saturated heterocycles. The Morgan fingerprint density at radius 3 is 2.94 bits per heavy atom. The zero-order valence-electron chi connectivity index (χ0n) is 17.0. The van der Waals surface area contributed by atoms with Crippen molar-refractivity contribution in [3.63, 3.8) is 0 Å². The van der Waals surface area contributed by atoms with E-state index in [0.29, 0.717) is 23.8 Å². The molecule has 0 radical (unpaired) electrons. The highest BCUT2D eigenvalue weighted by Crippen LogP contribution is 2.42. The van der Waals surface area contributed by atoms with E-state index in [1.165, 1.54) is 0 Å². The molecule has 160 valence electrons. The van der Waals surface area contributed by atoms with E-state index in [4.69, 9.17) is 14.5 Å². The molecule has 1 saturated carbocycles. The molecule has 3 aromatic heterocycles. The van der Waals surface area contributed by atoms with Crippen LogP contribution in [0.2, 0.25) is 0 Å². The van der Waals surface area contributed by atoms with Crippen LogP contribution in [-0.2, 0) is 6.54 Å². The van der Waals surface area contributed by atoms with Crippen molar-refractivity contribution >= 4 is 17.2 Å². The van der Waals surface area contributed by atoms with Crippen LogP contribution in [-0.4, -0.2) is 32.4 Å². The Labute approximate surface area is 187 Å². The Kier molecular flexibility index (Phi) is 4.61. The van der Waals surface area contributed by atoms with Gasteiger partial charge in [0.05, 0.1) is 23.1 Å². The zero-order chi connectivity index (χ0) is 21.5. The number of rotatable bonds is 6. The lowest BCUT2D eigenvalue weighted by molar-refractivity contribution is 0.0950. The Morgan fingerprint density at radius 1 is 1.19 bits per heavy atom. The lowest BCUT2D eigenvalue weighted by Crippen LogP contribution is -2.23. The molecule has 32 heavy (non-hydrogen) atoms. The first-order valence-corrected chi connectivity index (χ1v) is 11.3. The van der Waals surface area contributed by atoms with Gasteiger partial charge in [-0.25, -0.2) is 14.6 Å². The van der Waals surface area contributed by atoms with Gasteiger partial charge in [0.15, 0.2) is 11.5 Å². The number of amides is 1. The van der Waals surface area contributed by atoms with Crippen molar-refractivity contribution in [2.75, 3.05) is 6.79 Å². The number of ether oxygens (including phenoxy) is 2. The van der Waals surface area contributed by atoms with Crippen LogP contribution in [0.4, 0.5) is 0 Å². The molecule has 1 amide bonds. The van der Waals surface area contributed by atoms with E-state index < -0.39 is 0 Å². The number of nitrogens with zero attached hydrogens (tertiary/aromatic N) is 4. The van der Waals surface area contributed by atoms with Gasteiger partial charge >= 0.3 is 0 Å². The molecule has 1 aliphatic heterocycles. The van der Waals surface area contributed by atoms with Crippen molar-refractivity contribution in [3.8, 4) is 28.7 Å². The second-order valence-corrected chi connectivity index (χ2v) is 8.53. The number of carbonyl (C=O) groups excluding carboxylic acids is 1. The maximum absolute atomic E-state index is 12.9. The fourth-order valence-corrected chi connectivity index (χ4v) is 4.45. The number of carbonyl (C=O) groups is 1. The van der Waals surface area contributed by atoms with Gasteiger partial charge in [-0.1, -0.05) is 0 Å². The van der Waals surface area contributed by atoms with Crippen molar-refractivity contribution in [2.45, 2.75) is 25.3 Å². The Hall–Kier alpha value is -3.72. The van der Waals surface area contributed by atoms with Crippen LogP contribution in [0.3, 0.4) is 0 Å². The predicted molar refractivity (Wildman–Crippen MR) is 118 cm³/mol. The van der Waals surface area contributed by atoms with Crippen LogP contribution in [0.1, 0.15) is 40.4 Å². The Morgan fingerprint density at radius 2 is 2.09 bits per heavy atom. The van der Waals surface area contributed by atoms with E-state index in [0.717, 1.165) is 41.1 Å². The van der Waals surface area contributed by atoms with E-state index in [-0.39, 0.29) is 18.6 Å². The largest absolute Gasteiger partial charge is 0.454 e. The minimum Gasteiger partial charge on any atom is -0.454 e. The van der Waals surface area contributed by atoms with Crippen molar-refractivity contribution < 1.29 is 14.3 Å². The van der Waals surface area contributed by atoms with Crippen molar-refractivity contribution in [3.05, 3.63) is 70.3 Å². The lowest BCUT2D eigenvalue weighted by atomic mass is 10.1. The number of aromatic nitrogens is 4. The van der Waals surface area contributed by atoms with Crippen LogP contribution in [0.15, 0.2) is 53.5 Å². The molecule has 0 unspecified atom stereocenters. The molecule has 1 N–H and O–H groups in total. The molecule has 4 aromatic rings. The second-order valence-electron chi connectivity index (χ2n) is 7.75. The Bertz CT molecular complexity index is 1300. The number of benzene rings is 1. The summed E-state index contributed by atoms with van der Waals surface area (Å²) in [6, 6.07) is 9.57. The summed E-state index contributed by atoms with van der Waals surface area (Å²) in [7, 11) is 0. The van der Waals surface area contributed by atoms with Crippen molar-refractivity contribution in [1.29, 1.82) is 0 Å². The van der Waals surface area contributed by atoms with Crippen LogP contribution in [0.5, 0.6) is 11.5 Å². The fourth-order valence-electron chi connectivity index (χ4n) is 3.78. The van der Waals surface area contributed by atoms with Crippen LogP contribution < -0.4 is 14.8 Å². The minimum atomic E-state index is -0.128. The SMILES string of the molecule is O=C(NCc1ccsc1)c1cnn(-c2nccc(-c3ccc4c(c3)OCO4)n2)c1C1CC1. The number of fused-ring (bicyclic) bond motifs is 1. The smallest absolute Gasteiger partial charge is 0.255 e. The van der Waals surface area contributed by atoms with Gasteiger partial charge in [-0.05, 0) is 59.5 Å². The third kappa shape index (κ3) is 3.50. The maximum Gasteiger partial charge on any atom is 0.255 e. The summed E-state index contributed by atoms with van der Waals surface area (Å²) < 4.78 is 12.6. The summed E-state index contributed by atoms with van der Waals surface area (Å²) in [5, 5.41) is 11.5. The number of nitrogens with one attached hydrogen (secondary N) is 1. The molecule has 1 aromatic carbocycles. The molecule has 2 aliphatic rings. The fraction of sp³-hybridized carbons (Fsp3) is 0.217. The molecular formula is C23H19N5O3S. The molecule has 4 heterocycles. The summed E-state index contributed by atoms with van der Waals surface area (Å²) in [5.74, 6) is 2.03. The summed E-state index contributed by atoms with van der Waals surface area (Å²) in [4.78, 5) is 22.1. The van der Waals surface area contributed by atoms with Gasteiger partial charge in [0.2, 0.25) is 6.79 Å². The minimum absolute atomic E-state index is 0.128. The van der Waals surface area contributed by atoms with Gasteiger partial charge in [0.25, 0.3) is 11.9 Å². The first-order chi connectivity index (χ1) is 15.8. The number of hydrogen-bond donors (Lipinski definition) is 1. The van der Waals surface area contributed by atoms with Gasteiger partial charge in [-0.3, -0.25) is 4.79 Å². The van der Waals surface area contributed by atoms with Crippen LogP contribution >= 0.6 is 11.3 Å². The monoisotopic (exact) mass is 445 g/mol. The standard InChI is InChI=1S/C23H19N5O3S/c29-22(25-10-14-6-8-32-12-14)17-11-26-28(21(17)15-1-2-15)23-24-7-5-18(27-23)16-3-4-19-20(9-16)31-13-30-19/h3-9,11-12,15H,1-2,10,13H2,(H,25,29). The van der Waals surface area contributed by atoms with E-state index in [1.807, 2.05) is 41.1 Å². The van der Waals surface area contributed by atoms with E-state index in [1.54, 1.807) is 28.4 Å². The quantitative estimate of drug-likeness (QED) is 0.484. The molecule has 6 rings (SSSR count). The van der Waals surface area contributed by atoms with Gasteiger partial charge in [0, 0.05) is 24.2 Å². The molecule has 8 nitrogen and oxygen atoms in total. The third-order valence-electron chi connectivity index (χ3n) is 5.55. The van der Waals surface area contributed by atoms with E-state index in [9.17, 15) is 4.79 Å². The highest BCUT2D eigenvalue weighted by atomic mass is 32.1. The van der Waals surface area contributed by atoms with Crippen LogP contribution in [0.25, 0.3) is 17.2 Å². The third-order valence-corrected chi connectivity index (χ3v) is 6.28. The van der Waals surface area contributed by atoms with Gasteiger partial charge in [-0.2, -0.15) is 16.4 Å². The summed E-state index contributed by atoms with van der Waals surface area (Å²) in [5.41, 5.74) is 4.18. The van der Waals surface area contributed by atoms with Crippen LogP contribution in [0, 0.1) is 0 Å². The molecule has 9 heteroatoms. The molecule has 0 spiro atoms. The first kappa shape index (κ1) is 19.0. The van der Waals surface area contributed by atoms with E-state index in [2.05, 4.69) is 15.4 Å².